The van der Waals surface area contributed by atoms with E-state index in [0.29, 0.717) is 11.3 Å². The normalized spacial score (nSPS) is 16.0. The van der Waals surface area contributed by atoms with Crippen molar-refractivity contribution in [2.24, 2.45) is 5.73 Å². The van der Waals surface area contributed by atoms with Gasteiger partial charge in [-0.3, -0.25) is 4.79 Å². The van der Waals surface area contributed by atoms with Crippen molar-refractivity contribution < 1.29 is 9.18 Å². The summed E-state index contributed by atoms with van der Waals surface area (Å²) in [4.78, 5) is 14.6. The molecule has 1 aromatic heterocycles. The van der Waals surface area contributed by atoms with Crippen molar-refractivity contribution in [3.8, 4) is 0 Å². The first-order chi connectivity index (χ1) is 11.0. The lowest BCUT2D eigenvalue weighted by molar-refractivity contribution is -0.117. The average molecular weight is 318 g/mol. The number of aromatic nitrogens is 1. The van der Waals surface area contributed by atoms with Gasteiger partial charge in [-0.05, 0) is 57.0 Å². The second-order valence-electron chi connectivity index (χ2n) is 6.33. The Morgan fingerprint density at radius 1 is 1.39 bits per heavy atom. The summed E-state index contributed by atoms with van der Waals surface area (Å²) in [5, 5.41) is 7.51. The standard InChI is InChI=1S/C17H23FN4O/c1-9-10(2)21-16-11(8-14(19)23)7-13(18)17(15(9)16)22-12-3-5-20-6-4-12/h7,12,20-22H,3-6,8H2,1-2H3,(H2,19,23). The van der Waals surface area contributed by atoms with Crippen LogP contribution in [-0.2, 0) is 11.2 Å². The third-order valence-electron chi connectivity index (χ3n) is 4.66. The minimum absolute atomic E-state index is 0.0282. The SMILES string of the molecule is Cc1[nH]c2c(CC(N)=O)cc(F)c(NC3CCNCC3)c2c1C. The smallest absolute Gasteiger partial charge is 0.221 e. The Kier molecular flexibility index (Phi) is 4.26. The molecule has 1 saturated heterocycles. The number of aromatic amines is 1. The summed E-state index contributed by atoms with van der Waals surface area (Å²) in [5.74, 6) is -0.788. The number of hydrogen-bond acceptors (Lipinski definition) is 3. The molecule has 2 heterocycles. The molecule has 0 atom stereocenters. The monoisotopic (exact) mass is 318 g/mol. The minimum Gasteiger partial charge on any atom is -0.379 e. The summed E-state index contributed by atoms with van der Waals surface area (Å²) >= 11 is 0. The molecule has 1 aromatic carbocycles. The Hall–Kier alpha value is -2.08. The number of fused-ring (bicyclic) bond motifs is 1. The van der Waals surface area contributed by atoms with E-state index >= 15 is 0 Å². The van der Waals surface area contributed by atoms with Gasteiger partial charge in [-0.2, -0.15) is 0 Å². The van der Waals surface area contributed by atoms with Gasteiger partial charge >= 0.3 is 0 Å². The van der Waals surface area contributed by atoms with Gasteiger partial charge in [0, 0.05) is 17.1 Å². The van der Waals surface area contributed by atoms with Crippen LogP contribution in [0.3, 0.4) is 0 Å². The van der Waals surface area contributed by atoms with E-state index in [-0.39, 0.29) is 18.3 Å². The van der Waals surface area contributed by atoms with Gasteiger partial charge in [0.2, 0.25) is 5.91 Å². The molecule has 1 aliphatic heterocycles. The minimum atomic E-state index is -0.463. The predicted molar refractivity (Wildman–Crippen MR) is 90.1 cm³/mol. The van der Waals surface area contributed by atoms with E-state index in [1.807, 2.05) is 13.8 Å². The van der Waals surface area contributed by atoms with E-state index in [0.717, 1.165) is 48.1 Å². The molecule has 0 saturated carbocycles. The Bertz CT molecular complexity index is 747. The van der Waals surface area contributed by atoms with Crippen LogP contribution in [0, 0.1) is 19.7 Å². The Morgan fingerprint density at radius 3 is 2.74 bits per heavy atom. The highest BCUT2D eigenvalue weighted by molar-refractivity contribution is 5.99. The molecule has 5 N–H and O–H groups in total. The molecule has 0 radical (unpaired) electrons. The fourth-order valence-corrected chi connectivity index (χ4v) is 3.33. The van der Waals surface area contributed by atoms with Crippen LogP contribution in [-0.4, -0.2) is 30.0 Å². The summed E-state index contributed by atoms with van der Waals surface area (Å²) in [7, 11) is 0. The lowest BCUT2D eigenvalue weighted by Gasteiger charge is -2.25. The molecule has 2 aromatic rings. The van der Waals surface area contributed by atoms with E-state index in [9.17, 15) is 9.18 Å². The Labute approximate surface area is 134 Å². The summed E-state index contributed by atoms with van der Waals surface area (Å²) in [6.45, 7) is 5.80. The number of rotatable bonds is 4. The summed E-state index contributed by atoms with van der Waals surface area (Å²) in [5.41, 5.74) is 9.22. The van der Waals surface area contributed by atoms with Crippen LogP contribution >= 0.6 is 0 Å². The number of hydrogen-bond donors (Lipinski definition) is 4. The molecule has 1 aliphatic rings. The molecule has 6 heteroatoms. The van der Waals surface area contributed by atoms with Crippen LogP contribution in [0.1, 0.15) is 29.7 Å². The number of carbonyl (C=O) groups excluding carboxylic acids is 1. The second-order valence-corrected chi connectivity index (χ2v) is 6.33. The number of halogens is 1. The zero-order valence-electron chi connectivity index (χ0n) is 13.6. The molecular formula is C17H23FN4O. The Balaban J connectivity index is 2.09. The molecule has 23 heavy (non-hydrogen) atoms. The highest BCUT2D eigenvalue weighted by Gasteiger charge is 2.21. The van der Waals surface area contributed by atoms with Crippen molar-refractivity contribution in [2.75, 3.05) is 18.4 Å². The van der Waals surface area contributed by atoms with Gasteiger partial charge < -0.3 is 21.4 Å². The van der Waals surface area contributed by atoms with Gasteiger partial charge in [0.15, 0.2) is 0 Å². The third-order valence-corrected chi connectivity index (χ3v) is 4.66. The zero-order valence-corrected chi connectivity index (χ0v) is 13.6. The van der Waals surface area contributed by atoms with Gasteiger partial charge in [-0.25, -0.2) is 4.39 Å². The van der Waals surface area contributed by atoms with Crippen molar-refractivity contribution in [3.63, 3.8) is 0 Å². The number of carbonyl (C=O) groups is 1. The summed E-state index contributed by atoms with van der Waals surface area (Å²) in [6, 6.07) is 1.68. The highest BCUT2D eigenvalue weighted by atomic mass is 19.1. The predicted octanol–water partition coefficient (Wildman–Crippen LogP) is 2.12. The highest BCUT2D eigenvalue weighted by Crippen LogP contribution is 2.35. The fourth-order valence-electron chi connectivity index (χ4n) is 3.33. The number of H-pyrrole nitrogens is 1. The number of nitrogens with two attached hydrogens (primary N) is 1. The van der Waals surface area contributed by atoms with Gasteiger partial charge in [0.25, 0.3) is 0 Å². The van der Waals surface area contributed by atoms with Gasteiger partial charge in [0.05, 0.1) is 17.6 Å². The third kappa shape index (κ3) is 3.03. The van der Waals surface area contributed by atoms with E-state index in [2.05, 4.69) is 15.6 Å². The van der Waals surface area contributed by atoms with Crippen molar-refractivity contribution in [1.29, 1.82) is 0 Å². The maximum atomic E-state index is 14.7. The molecule has 0 unspecified atom stereocenters. The summed E-state index contributed by atoms with van der Waals surface area (Å²) in [6.07, 6.45) is 1.96. The molecule has 3 rings (SSSR count). The van der Waals surface area contributed by atoms with Crippen molar-refractivity contribution in [1.82, 2.24) is 10.3 Å². The van der Waals surface area contributed by atoms with Gasteiger partial charge in [0.1, 0.15) is 5.82 Å². The van der Waals surface area contributed by atoms with Gasteiger partial charge in [-0.15, -0.1) is 0 Å². The van der Waals surface area contributed by atoms with E-state index < -0.39 is 5.91 Å². The van der Waals surface area contributed by atoms with Gasteiger partial charge in [-0.1, -0.05) is 0 Å². The average Bonchev–Trinajstić information content (AvgIpc) is 2.80. The fraction of sp³-hybridized carbons (Fsp3) is 0.471. The molecule has 5 nitrogen and oxygen atoms in total. The van der Waals surface area contributed by atoms with Crippen molar-refractivity contribution >= 4 is 22.5 Å². The first-order valence-corrected chi connectivity index (χ1v) is 8.03. The lowest BCUT2D eigenvalue weighted by atomic mass is 10.0. The van der Waals surface area contributed by atoms with Crippen LogP contribution in [0.4, 0.5) is 10.1 Å². The van der Waals surface area contributed by atoms with Crippen molar-refractivity contribution in [2.45, 2.75) is 39.2 Å². The maximum absolute atomic E-state index is 14.7. The van der Waals surface area contributed by atoms with Crippen LogP contribution in [0.2, 0.25) is 0 Å². The quantitative estimate of drug-likeness (QED) is 0.697. The van der Waals surface area contributed by atoms with Crippen LogP contribution in [0.25, 0.3) is 10.9 Å². The van der Waals surface area contributed by atoms with Crippen LogP contribution in [0.5, 0.6) is 0 Å². The number of nitrogens with one attached hydrogen (secondary N) is 3. The van der Waals surface area contributed by atoms with Crippen LogP contribution < -0.4 is 16.4 Å². The molecule has 0 spiro atoms. The molecular weight excluding hydrogens is 295 g/mol. The first-order valence-electron chi connectivity index (χ1n) is 8.03. The van der Waals surface area contributed by atoms with E-state index in [1.165, 1.54) is 6.07 Å². The molecule has 1 fully saturated rings. The molecule has 0 bridgehead atoms. The first kappa shape index (κ1) is 15.8. The number of amides is 1. The topological polar surface area (TPSA) is 82.9 Å². The Morgan fingerprint density at radius 2 is 2.09 bits per heavy atom. The maximum Gasteiger partial charge on any atom is 0.221 e. The molecule has 124 valence electrons. The number of piperidine rings is 1. The summed E-state index contributed by atoms with van der Waals surface area (Å²) < 4.78 is 14.7. The lowest BCUT2D eigenvalue weighted by Crippen LogP contribution is -2.35. The number of primary amides is 1. The van der Waals surface area contributed by atoms with Crippen LogP contribution in [0.15, 0.2) is 6.07 Å². The second kappa shape index (κ2) is 6.20. The van der Waals surface area contributed by atoms with Crippen molar-refractivity contribution in [3.05, 3.63) is 28.7 Å². The number of anilines is 1. The number of benzene rings is 1. The zero-order chi connectivity index (χ0) is 16.6. The van der Waals surface area contributed by atoms with E-state index in [4.69, 9.17) is 5.73 Å². The largest absolute Gasteiger partial charge is 0.379 e. The molecule has 0 aliphatic carbocycles. The number of aryl methyl sites for hydroxylation is 2. The van der Waals surface area contributed by atoms with E-state index in [1.54, 1.807) is 0 Å². The molecule has 1 amide bonds.